The lowest BCUT2D eigenvalue weighted by Crippen LogP contribution is -2.39. The van der Waals surface area contributed by atoms with E-state index in [0.717, 1.165) is 5.69 Å². The van der Waals surface area contributed by atoms with Gasteiger partial charge in [-0.3, -0.25) is 18.3 Å². The molecule has 26 heavy (non-hydrogen) atoms. The number of fused-ring (bicyclic) bond motifs is 3. The molecular weight excluding hydrogens is 377 g/mol. The first-order chi connectivity index (χ1) is 12.3. The number of rotatable bonds is 2. The first kappa shape index (κ1) is 16.9. The molecule has 0 aliphatic heterocycles. The summed E-state index contributed by atoms with van der Waals surface area (Å²) < 4.78 is 6.15. The van der Waals surface area contributed by atoms with Crippen LogP contribution >= 0.6 is 23.2 Å². The molecule has 0 saturated carbocycles. The summed E-state index contributed by atoms with van der Waals surface area (Å²) in [5.74, 6) is 0.608. The van der Waals surface area contributed by atoms with E-state index in [9.17, 15) is 9.59 Å². The number of benzene rings is 1. The van der Waals surface area contributed by atoms with Crippen LogP contribution in [-0.4, -0.2) is 23.1 Å². The molecule has 0 unspecified atom stereocenters. The highest BCUT2D eigenvalue weighted by Gasteiger charge is 2.19. The molecule has 0 amide bonds. The Balaban J connectivity index is 2.01. The second-order valence-corrected chi connectivity index (χ2v) is 7.08. The van der Waals surface area contributed by atoms with Crippen molar-refractivity contribution in [3.8, 4) is 0 Å². The van der Waals surface area contributed by atoms with Gasteiger partial charge in [-0.15, -0.1) is 0 Å². The summed E-state index contributed by atoms with van der Waals surface area (Å²) in [6.07, 6.45) is 1.83. The Kier molecular flexibility index (Phi) is 3.75. The highest BCUT2D eigenvalue weighted by molar-refractivity contribution is 6.42. The molecule has 3 aromatic heterocycles. The monoisotopic (exact) mass is 391 g/mol. The highest BCUT2D eigenvalue weighted by atomic mass is 35.5. The van der Waals surface area contributed by atoms with Crippen LogP contribution in [0.15, 0.2) is 34.0 Å². The minimum absolute atomic E-state index is 0.0946. The zero-order valence-electron chi connectivity index (χ0n) is 14.3. The molecule has 0 aliphatic carbocycles. The predicted molar refractivity (Wildman–Crippen MR) is 101 cm³/mol. The lowest BCUT2D eigenvalue weighted by Gasteiger charge is -2.09. The lowest BCUT2D eigenvalue weighted by molar-refractivity contribution is 0.656. The Bertz CT molecular complexity index is 1310. The van der Waals surface area contributed by atoms with Crippen LogP contribution in [0.25, 0.3) is 16.9 Å². The molecule has 0 radical (unpaired) electrons. The van der Waals surface area contributed by atoms with Crippen LogP contribution in [0.3, 0.4) is 0 Å². The summed E-state index contributed by atoms with van der Waals surface area (Å²) in [5, 5.41) is 0.795. The fourth-order valence-corrected chi connectivity index (χ4v) is 3.40. The van der Waals surface area contributed by atoms with Gasteiger partial charge in [0, 0.05) is 26.0 Å². The van der Waals surface area contributed by atoms with Crippen molar-refractivity contribution in [2.24, 2.45) is 14.1 Å². The molecule has 7 nitrogen and oxygen atoms in total. The average Bonchev–Trinajstić information content (AvgIpc) is 3.10. The molecule has 0 fully saturated rings. The minimum Gasteiger partial charge on any atom is -0.317 e. The molecule has 3 heterocycles. The first-order valence-corrected chi connectivity index (χ1v) is 8.63. The van der Waals surface area contributed by atoms with Crippen molar-refractivity contribution in [2.75, 3.05) is 0 Å². The van der Waals surface area contributed by atoms with Crippen LogP contribution in [0.5, 0.6) is 0 Å². The van der Waals surface area contributed by atoms with Gasteiger partial charge in [-0.2, -0.15) is 4.98 Å². The number of imidazole rings is 2. The minimum atomic E-state index is -0.436. The number of aryl methyl sites for hydroxylation is 3. The molecule has 0 N–H and O–H groups in total. The molecule has 0 spiro atoms. The van der Waals surface area contributed by atoms with E-state index in [0.29, 0.717) is 32.6 Å². The Morgan fingerprint density at radius 1 is 1.08 bits per heavy atom. The van der Waals surface area contributed by atoms with E-state index in [4.69, 9.17) is 23.2 Å². The van der Waals surface area contributed by atoms with E-state index < -0.39 is 11.2 Å². The first-order valence-electron chi connectivity index (χ1n) is 7.87. The molecule has 134 valence electrons. The fourth-order valence-electron chi connectivity index (χ4n) is 3.08. The smallest absolute Gasteiger partial charge is 0.317 e. The van der Waals surface area contributed by atoms with Gasteiger partial charge in [-0.1, -0.05) is 29.3 Å². The van der Waals surface area contributed by atoms with Gasteiger partial charge >= 0.3 is 5.69 Å². The largest absolute Gasteiger partial charge is 0.332 e. The van der Waals surface area contributed by atoms with Crippen molar-refractivity contribution >= 4 is 40.1 Å². The van der Waals surface area contributed by atoms with Crippen LogP contribution in [-0.2, 0) is 20.6 Å². The third kappa shape index (κ3) is 2.31. The third-order valence-corrected chi connectivity index (χ3v) is 5.37. The van der Waals surface area contributed by atoms with Gasteiger partial charge in [0.15, 0.2) is 11.2 Å². The Hall–Kier alpha value is -2.51. The normalized spacial score (nSPS) is 11.7. The molecule has 0 saturated heterocycles. The van der Waals surface area contributed by atoms with E-state index in [1.165, 1.54) is 9.13 Å². The van der Waals surface area contributed by atoms with Crippen molar-refractivity contribution in [3.63, 3.8) is 0 Å². The van der Waals surface area contributed by atoms with Gasteiger partial charge in [0.05, 0.1) is 16.6 Å². The standard InChI is InChI=1S/C17H15Cl2N5O2/c1-9-7-23-13-14(20-16(23)21(9)2)22(3)17(26)24(15(13)25)8-10-4-5-11(18)12(19)6-10/h4-7H,8H2,1-3H3. The zero-order chi connectivity index (χ0) is 18.7. The number of aromatic nitrogens is 5. The lowest BCUT2D eigenvalue weighted by atomic mass is 10.2. The van der Waals surface area contributed by atoms with Crippen molar-refractivity contribution < 1.29 is 0 Å². The second kappa shape index (κ2) is 5.75. The van der Waals surface area contributed by atoms with Gasteiger partial charge in [0.1, 0.15) is 0 Å². The predicted octanol–water partition coefficient (Wildman–Crippen LogP) is 2.35. The SMILES string of the molecule is Cc1cn2c3c(=O)n(Cc4ccc(Cl)c(Cl)c4)c(=O)n(C)c3nc2n1C. The maximum absolute atomic E-state index is 13.1. The van der Waals surface area contributed by atoms with Gasteiger partial charge < -0.3 is 4.57 Å². The Morgan fingerprint density at radius 3 is 2.50 bits per heavy atom. The number of hydrogen-bond acceptors (Lipinski definition) is 3. The summed E-state index contributed by atoms with van der Waals surface area (Å²) >= 11 is 12.0. The zero-order valence-corrected chi connectivity index (χ0v) is 15.8. The van der Waals surface area contributed by atoms with Gasteiger partial charge in [-0.25, -0.2) is 4.79 Å². The van der Waals surface area contributed by atoms with Crippen LogP contribution in [0.4, 0.5) is 0 Å². The Morgan fingerprint density at radius 2 is 1.81 bits per heavy atom. The number of nitrogens with zero attached hydrogens (tertiary/aromatic N) is 5. The molecule has 0 bridgehead atoms. The quantitative estimate of drug-likeness (QED) is 0.526. The summed E-state index contributed by atoms with van der Waals surface area (Å²) in [6, 6.07) is 5.03. The molecule has 0 aliphatic rings. The Labute approximate surface area is 157 Å². The van der Waals surface area contributed by atoms with Gasteiger partial charge in [-0.05, 0) is 24.6 Å². The van der Waals surface area contributed by atoms with Crippen molar-refractivity contribution in [1.82, 2.24) is 23.1 Å². The summed E-state index contributed by atoms with van der Waals surface area (Å²) in [5.41, 5.74) is 1.56. The van der Waals surface area contributed by atoms with E-state index in [2.05, 4.69) is 4.98 Å². The second-order valence-electron chi connectivity index (χ2n) is 6.26. The van der Waals surface area contributed by atoms with E-state index in [1.807, 2.05) is 24.7 Å². The number of halogens is 2. The maximum Gasteiger partial charge on any atom is 0.332 e. The van der Waals surface area contributed by atoms with Crippen LogP contribution < -0.4 is 11.2 Å². The molecular formula is C17H15Cl2N5O2. The van der Waals surface area contributed by atoms with Crippen molar-refractivity contribution in [2.45, 2.75) is 13.5 Å². The molecule has 0 atom stereocenters. The van der Waals surface area contributed by atoms with Crippen molar-refractivity contribution in [1.29, 1.82) is 0 Å². The fraction of sp³-hybridized carbons (Fsp3) is 0.235. The third-order valence-electron chi connectivity index (χ3n) is 4.63. The summed E-state index contributed by atoms with van der Waals surface area (Å²) in [6.45, 7) is 2.02. The highest BCUT2D eigenvalue weighted by Crippen LogP contribution is 2.23. The molecule has 4 aromatic rings. The molecule has 1 aromatic carbocycles. The maximum atomic E-state index is 13.1. The molecule has 9 heteroatoms. The topological polar surface area (TPSA) is 66.2 Å². The van der Waals surface area contributed by atoms with Crippen LogP contribution in [0.2, 0.25) is 10.0 Å². The average molecular weight is 392 g/mol. The van der Waals surface area contributed by atoms with Gasteiger partial charge in [0.2, 0.25) is 5.78 Å². The van der Waals surface area contributed by atoms with E-state index in [1.54, 1.807) is 29.6 Å². The molecule has 4 rings (SSSR count). The summed E-state index contributed by atoms with van der Waals surface area (Å²) in [4.78, 5) is 30.3. The van der Waals surface area contributed by atoms with Crippen LogP contribution in [0.1, 0.15) is 11.3 Å². The van der Waals surface area contributed by atoms with E-state index >= 15 is 0 Å². The van der Waals surface area contributed by atoms with Crippen molar-refractivity contribution in [3.05, 3.63) is 66.5 Å². The van der Waals surface area contributed by atoms with Gasteiger partial charge in [0.25, 0.3) is 5.56 Å². The van der Waals surface area contributed by atoms with Crippen LogP contribution in [0, 0.1) is 6.92 Å². The number of hydrogen-bond donors (Lipinski definition) is 0. The summed E-state index contributed by atoms with van der Waals surface area (Å²) in [7, 11) is 3.47. The van der Waals surface area contributed by atoms with E-state index in [-0.39, 0.29) is 6.54 Å².